The summed E-state index contributed by atoms with van der Waals surface area (Å²) in [7, 11) is 1.72. The molecule has 0 aliphatic rings. The van der Waals surface area contributed by atoms with Crippen molar-refractivity contribution in [2.24, 2.45) is 0 Å². The molecule has 0 aliphatic carbocycles. The number of hydrogen-bond acceptors (Lipinski definition) is 3. The first kappa shape index (κ1) is 12.5. The van der Waals surface area contributed by atoms with E-state index < -0.39 is 0 Å². The normalized spacial score (nSPS) is 12.2. The van der Waals surface area contributed by atoms with Crippen LogP contribution in [0, 0.1) is 0 Å². The number of aliphatic hydroxyl groups excluding tert-OH is 1. The molecule has 0 fully saturated rings. The Hall–Kier alpha value is -1.55. The first-order chi connectivity index (χ1) is 7.50. The van der Waals surface area contributed by atoms with Gasteiger partial charge in [0.15, 0.2) is 0 Å². The van der Waals surface area contributed by atoms with E-state index >= 15 is 0 Å². The molecule has 0 heterocycles. The molecular weight excluding hydrogens is 204 g/mol. The molecule has 3 N–H and O–H groups in total. The molecule has 88 valence electrons. The lowest BCUT2D eigenvalue weighted by atomic mass is 10.2. The van der Waals surface area contributed by atoms with Gasteiger partial charge in [-0.2, -0.15) is 0 Å². The van der Waals surface area contributed by atoms with E-state index in [0.29, 0.717) is 24.2 Å². The third-order valence-corrected chi connectivity index (χ3v) is 2.39. The number of benzene rings is 1. The SMILES string of the molecule is CC(O)CCN(C)C(=O)c1ccc(N)cc1. The van der Waals surface area contributed by atoms with Crippen molar-refractivity contribution >= 4 is 11.6 Å². The summed E-state index contributed by atoms with van der Waals surface area (Å²) in [5.74, 6) is -0.0550. The van der Waals surface area contributed by atoms with Crippen molar-refractivity contribution in [3.05, 3.63) is 29.8 Å². The molecule has 0 aliphatic heterocycles. The van der Waals surface area contributed by atoms with Crippen molar-refractivity contribution < 1.29 is 9.90 Å². The molecule has 1 amide bonds. The Bertz CT molecular complexity index is 347. The Kier molecular flexibility index (Phi) is 4.31. The van der Waals surface area contributed by atoms with E-state index in [9.17, 15) is 4.79 Å². The van der Waals surface area contributed by atoms with Crippen molar-refractivity contribution in [2.45, 2.75) is 19.4 Å². The third kappa shape index (κ3) is 3.55. The molecule has 0 aromatic heterocycles. The van der Waals surface area contributed by atoms with Crippen LogP contribution in [0.1, 0.15) is 23.7 Å². The number of rotatable bonds is 4. The van der Waals surface area contributed by atoms with Crippen molar-refractivity contribution in [3.63, 3.8) is 0 Å². The zero-order chi connectivity index (χ0) is 12.1. The zero-order valence-electron chi connectivity index (χ0n) is 9.68. The Labute approximate surface area is 95.7 Å². The van der Waals surface area contributed by atoms with Gasteiger partial charge >= 0.3 is 0 Å². The third-order valence-electron chi connectivity index (χ3n) is 2.39. The highest BCUT2D eigenvalue weighted by Gasteiger charge is 2.11. The molecular formula is C12H18N2O2. The predicted octanol–water partition coefficient (Wildman–Crippen LogP) is 1.11. The summed E-state index contributed by atoms with van der Waals surface area (Å²) in [6, 6.07) is 6.82. The van der Waals surface area contributed by atoms with E-state index in [4.69, 9.17) is 10.8 Å². The van der Waals surface area contributed by atoms with Crippen LogP contribution in [-0.2, 0) is 0 Å². The minimum Gasteiger partial charge on any atom is -0.399 e. The van der Waals surface area contributed by atoms with Crippen LogP contribution >= 0.6 is 0 Å². The van der Waals surface area contributed by atoms with Gasteiger partial charge in [0.25, 0.3) is 5.91 Å². The monoisotopic (exact) mass is 222 g/mol. The summed E-state index contributed by atoms with van der Waals surface area (Å²) in [6.45, 7) is 2.25. The molecule has 4 heteroatoms. The smallest absolute Gasteiger partial charge is 0.253 e. The first-order valence-corrected chi connectivity index (χ1v) is 5.30. The van der Waals surface area contributed by atoms with Gasteiger partial charge in [0.1, 0.15) is 0 Å². The van der Waals surface area contributed by atoms with E-state index in [1.54, 1.807) is 43.1 Å². The quantitative estimate of drug-likeness (QED) is 0.750. The van der Waals surface area contributed by atoms with Crippen LogP contribution in [-0.4, -0.2) is 35.6 Å². The van der Waals surface area contributed by atoms with Crippen molar-refractivity contribution in [3.8, 4) is 0 Å². The fourth-order valence-corrected chi connectivity index (χ4v) is 1.33. The molecule has 1 unspecified atom stereocenters. The highest BCUT2D eigenvalue weighted by Crippen LogP contribution is 2.08. The van der Waals surface area contributed by atoms with Crippen molar-refractivity contribution in [1.82, 2.24) is 4.90 Å². The maximum atomic E-state index is 11.9. The zero-order valence-corrected chi connectivity index (χ0v) is 9.68. The fraction of sp³-hybridized carbons (Fsp3) is 0.417. The lowest BCUT2D eigenvalue weighted by Gasteiger charge is -2.18. The van der Waals surface area contributed by atoms with E-state index in [0.717, 1.165) is 0 Å². The van der Waals surface area contributed by atoms with Crippen LogP contribution in [0.5, 0.6) is 0 Å². The van der Waals surface area contributed by atoms with Gasteiger partial charge < -0.3 is 15.7 Å². The van der Waals surface area contributed by atoms with E-state index in [2.05, 4.69) is 0 Å². The van der Waals surface area contributed by atoms with E-state index in [1.165, 1.54) is 0 Å². The van der Waals surface area contributed by atoms with Gasteiger partial charge in [0.2, 0.25) is 0 Å². The van der Waals surface area contributed by atoms with Gasteiger partial charge in [-0.3, -0.25) is 4.79 Å². The minimum atomic E-state index is -0.387. The molecule has 0 radical (unpaired) electrons. The predicted molar refractivity (Wildman–Crippen MR) is 64.1 cm³/mol. The Morgan fingerprint density at radius 2 is 2.00 bits per heavy atom. The molecule has 1 aromatic carbocycles. The van der Waals surface area contributed by atoms with Crippen LogP contribution < -0.4 is 5.73 Å². The summed E-state index contributed by atoms with van der Waals surface area (Å²) >= 11 is 0. The van der Waals surface area contributed by atoms with Crippen LogP contribution in [0.2, 0.25) is 0 Å². The molecule has 4 nitrogen and oxygen atoms in total. The van der Waals surface area contributed by atoms with Gasteiger partial charge in [0.05, 0.1) is 6.10 Å². The Morgan fingerprint density at radius 3 is 2.50 bits per heavy atom. The molecule has 0 saturated heterocycles. The maximum Gasteiger partial charge on any atom is 0.253 e. The van der Waals surface area contributed by atoms with E-state index in [1.807, 2.05) is 0 Å². The molecule has 16 heavy (non-hydrogen) atoms. The second-order valence-electron chi connectivity index (χ2n) is 3.99. The van der Waals surface area contributed by atoms with Crippen LogP contribution in [0.15, 0.2) is 24.3 Å². The summed E-state index contributed by atoms with van der Waals surface area (Å²) in [6.07, 6.45) is 0.193. The van der Waals surface area contributed by atoms with Gasteiger partial charge in [-0.05, 0) is 37.6 Å². The molecule has 1 atom stereocenters. The number of nitrogens with two attached hydrogens (primary N) is 1. The minimum absolute atomic E-state index is 0.0550. The Balaban J connectivity index is 2.60. The second kappa shape index (κ2) is 5.51. The first-order valence-electron chi connectivity index (χ1n) is 5.30. The highest BCUT2D eigenvalue weighted by atomic mass is 16.3. The van der Waals surface area contributed by atoms with Crippen molar-refractivity contribution in [1.29, 1.82) is 0 Å². The number of hydrogen-bond donors (Lipinski definition) is 2. The largest absolute Gasteiger partial charge is 0.399 e. The average Bonchev–Trinajstić information content (AvgIpc) is 2.26. The summed E-state index contributed by atoms with van der Waals surface area (Å²) < 4.78 is 0. The number of nitrogen functional groups attached to an aromatic ring is 1. The summed E-state index contributed by atoms with van der Waals surface area (Å²) in [4.78, 5) is 13.5. The number of carbonyl (C=O) groups excluding carboxylic acids is 1. The molecule has 1 rings (SSSR count). The van der Waals surface area contributed by atoms with Crippen molar-refractivity contribution in [2.75, 3.05) is 19.3 Å². The van der Waals surface area contributed by atoms with Gasteiger partial charge in [0, 0.05) is 24.8 Å². The van der Waals surface area contributed by atoms with E-state index in [-0.39, 0.29) is 12.0 Å². The van der Waals surface area contributed by atoms with Crippen LogP contribution in [0.25, 0.3) is 0 Å². The summed E-state index contributed by atoms with van der Waals surface area (Å²) in [5, 5.41) is 9.14. The molecule has 1 aromatic rings. The van der Waals surface area contributed by atoms with Crippen LogP contribution in [0.3, 0.4) is 0 Å². The maximum absolute atomic E-state index is 11.9. The van der Waals surface area contributed by atoms with Gasteiger partial charge in [-0.1, -0.05) is 0 Å². The molecule has 0 spiro atoms. The summed E-state index contributed by atoms with van der Waals surface area (Å²) in [5.41, 5.74) is 6.80. The van der Waals surface area contributed by atoms with Crippen LogP contribution in [0.4, 0.5) is 5.69 Å². The fourth-order valence-electron chi connectivity index (χ4n) is 1.33. The topological polar surface area (TPSA) is 66.6 Å². The second-order valence-corrected chi connectivity index (χ2v) is 3.99. The van der Waals surface area contributed by atoms with Gasteiger partial charge in [-0.25, -0.2) is 0 Å². The standard InChI is InChI=1S/C12H18N2O2/c1-9(15)7-8-14(2)12(16)10-3-5-11(13)6-4-10/h3-6,9,15H,7-8,13H2,1-2H3. The van der Waals surface area contributed by atoms with Gasteiger partial charge in [-0.15, -0.1) is 0 Å². The number of aliphatic hydroxyl groups is 1. The lowest BCUT2D eigenvalue weighted by molar-refractivity contribution is 0.0769. The lowest BCUT2D eigenvalue weighted by Crippen LogP contribution is -2.29. The Morgan fingerprint density at radius 1 is 1.44 bits per heavy atom. The number of anilines is 1. The molecule has 0 bridgehead atoms. The average molecular weight is 222 g/mol. The number of nitrogens with zero attached hydrogens (tertiary/aromatic N) is 1. The number of carbonyl (C=O) groups is 1. The highest BCUT2D eigenvalue weighted by molar-refractivity contribution is 5.94. The number of amides is 1. The molecule has 0 saturated carbocycles.